The first-order chi connectivity index (χ1) is 13.7. The van der Waals surface area contributed by atoms with E-state index in [1.165, 1.54) is 6.33 Å². The van der Waals surface area contributed by atoms with Gasteiger partial charge < -0.3 is 10.0 Å². The predicted octanol–water partition coefficient (Wildman–Crippen LogP) is 2.93. The van der Waals surface area contributed by atoms with Crippen LogP contribution in [0.2, 0.25) is 0 Å². The molecule has 1 unspecified atom stereocenters. The first kappa shape index (κ1) is 18.4. The van der Waals surface area contributed by atoms with E-state index in [4.69, 9.17) is 0 Å². The zero-order chi connectivity index (χ0) is 19.3. The highest BCUT2D eigenvalue weighted by molar-refractivity contribution is 5.94. The highest BCUT2D eigenvalue weighted by Crippen LogP contribution is 2.24. The molecular weight excluding hydrogens is 352 g/mol. The molecule has 0 spiro atoms. The van der Waals surface area contributed by atoms with Crippen LogP contribution in [0.1, 0.15) is 28.8 Å². The number of benzene rings is 2. The molecule has 2 heterocycles. The standard InChI is InChI=1S/C22H24N4O2/c27-20(14-16-4-2-1-3-5-16)17-10-12-26(13-11-17)22(28)19-8-6-18(7-9-19)21-23-15-24-25-21/h1-9,15,17,20,27H,10-14H2,(H,23,24,25). The van der Waals surface area contributed by atoms with Gasteiger partial charge in [-0.25, -0.2) is 4.98 Å². The first-order valence-electron chi connectivity index (χ1n) is 9.68. The van der Waals surface area contributed by atoms with E-state index in [0.29, 0.717) is 30.9 Å². The maximum absolute atomic E-state index is 12.8. The molecule has 3 aromatic rings. The molecule has 2 N–H and O–H groups in total. The number of aromatic nitrogens is 3. The number of likely N-dealkylation sites (tertiary alicyclic amines) is 1. The first-order valence-corrected chi connectivity index (χ1v) is 9.68. The van der Waals surface area contributed by atoms with Crippen LogP contribution in [0.4, 0.5) is 0 Å². The van der Waals surface area contributed by atoms with Gasteiger partial charge in [0, 0.05) is 24.2 Å². The lowest BCUT2D eigenvalue weighted by molar-refractivity contribution is 0.0467. The lowest BCUT2D eigenvalue weighted by atomic mass is 9.87. The summed E-state index contributed by atoms with van der Waals surface area (Å²) in [5.74, 6) is 0.963. The van der Waals surface area contributed by atoms with E-state index in [-0.39, 0.29) is 17.9 Å². The van der Waals surface area contributed by atoms with Gasteiger partial charge in [-0.15, -0.1) is 0 Å². The van der Waals surface area contributed by atoms with Crippen molar-refractivity contribution in [2.45, 2.75) is 25.4 Å². The number of aliphatic hydroxyl groups excluding tert-OH is 1. The van der Waals surface area contributed by atoms with Gasteiger partial charge in [-0.1, -0.05) is 42.5 Å². The van der Waals surface area contributed by atoms with Gasteiger partial charge in [-0.05, 0) is 42.9 Å². The molecule has 0 radical (unpaired) electrons. The minimum Gasteiger partial charge on any atom is -0.392 e. The Hall–Kier alpha value is -2.99. The van der Waals surface area contributed by atoms with Crippen LogP contribution in [0.3, 0.4) is 0 Å². The fourth-order valence-electron chi connectivity index (χ4n) is 3.81. The molecule has 1 aliphatic heterocycles. The minimum atomic E-state index is -0.360. The van der Waals surface area contributed by atoms with Crippen molar-refractivity contribution in [3.05, 3.63) is 72.1 Å². The van der Waals surface area contributed by atoms with Crippen LogP contribution < -0.4 is 0 Å². The molecule has 2 aromatic carbocycles. The van der Waals surface area contributed by atoms with Crippen LogP contribution in [-0.4, -0.2) is 50.3 Å². The molecule has 6 heteroatoms. The normalized spacial score (nSPS) is 16.1. The van der Waals surface area contributed by atoms with E-state index >= 15 is 0 Å². The van der Waals surface area contributed by atoms with Crippen molar-refractivity contribution in [1.29, 1.82) is 0 Å². The third-order valence-corrected chi connectivity index (χ3v) is 5.48. The molecule has 0 saturated carbocycles. The van der Waals surface area contributed by atoms with E-state index in [9.17, 15) is 9.90 Å². The van der Waals surface area contributed by atoms with Gasteiger partial charge in [-0.3, -0.25) is 9.89 Å². The van der Waals surface area contributed by atoms with Crippen molar-refractivity contribution in [1.82, 2.24) is 20.1 Å². The fourth-order valence-corrected chi connectivity index (χ4v) is 3.81. The number of hydrogen-bond acceptors (Lipinski definition) is 4. The number of H-pyrrole nitrogens is 1. The van der Waals surface area contributed by atoms with E-state index in [2.05, 4.69) is 15.2 Å². The largest absolute Gasteiger partial charge is 0.392 e. The van der Waals surface area contributed by atoms with Gasteiger partial charge in [0.2, 0.25) is 0 Å². The molecule has 4 rings (SSSR count). The third-order valence-electron chi connectivity index (χ3n) is 5.48. The summed E-state index contributed by atoms with van der Waals surface area (Å²) in [5.41, 5.74) is 2.73. The Bertz CT molecular complexity index is 886. The predicted molar refractivity (Wildman–Crippen MR) is 107 cm³/mol. The highest BCUT2D eigenvalue weighted by Gasteiger charge is 2.28. The Morgan fingerprint density at radius 2 is 1.82 bits per heavy atom. The average Bonchev–Trinajstić information content (AvgIpc) is 3.29. The van der Waals surface area contributed by atoms with Gasteiger partial charge in [0.1, 0.15) is 6.33 Å². The number of piperidine rings is 1. The van der Waals surface area contributed by atoms with Crippen molar-refractivity contribution in [3.8, 4) is 11.4 Å². The summed E-state index contributed by atoms with van der Waals surface area (Å²) in [6.45, 7) is 1.36. The van der Waals surface area contributed by atoms with Crippen molar-refractivity contribution in [3.63, 3.8) is 0 Å². The lowest BCUT2D eigenvalue weighted by Crippen LogP contribution is -2.41. The second-order valence-electron chi connectivity index (χ2n) is 7.30. The van der Waals surface area contributed by atoms with Gasteiger partial charge in [0.05, 0.1) is 6.10 Å². The summed E-state index contributed by atoms with van der Waals surface area (Å²) in [7, 11) is 0. The zero-order valence-corrected chi connectivity index (χ0v) is 15.7. The van der Waals surface area contributed by atoms with Crippen molar-refractivity contribution in [2.75, 3.05) is 13.1 Å². The fraction of sp³-hybridized carbons (Fsp3) is 0.318. The summed E-state index contributed by atoms with van der Waals surface area (Å²) in [6.07, 6.45) is 3.43. The number of amides is 1. The summed E-state index contributed by atoms with van der Waals surface area (Å²) in [5, 5.41) is 17.2. The SMILES string of the molecule is O=C(c1ccc(-c2ncn[nH]2)cc1)N1CCC(C(O)Cc2ccccc2)CC1. The van der Waals surface area contributed by atoms with Crippen LogP contribution in [0.15, 0.2) is 60.9 Å². The van der Waals surface area contributed by atoms with E-state index in [1.54, 1.807) is 0 Å². The molecule has 144 valence electrons. The Morgan fingerprint density at radius 3 is 2.46 bits per heavy atom. The number of aromatic amines is 1. The number of nitrogens with zero attached hydrogens (tertiary/aromatic N) is 3. The van der Waals surface area contributed by atoms with E-state index < -0.39 is 0 Å². The Kier molecular flexibility index (Phi) is 5.48. The Labute approximate surface area is 164 Å². The molecule has 28 heavy (non-hydrogen) atoms. The van der Waals surface area contributed by atoms with E-state index in [1.807, 2.05) is 59.5 Å². The van der Waals surface area contributed by atoms with Gasteiger partial charge in [-0.2, -0.15) is 5.10 Å². The van der Waals surface area contributed by atoms with Gasteiger partial charge >= 0.3 is 0 Å². The summed E-state index contributed by atoms with van der Waals surface area (Å²) < 4.78 is 0. The molecule has 1 aliphatic rings. The molecule has 0 aliphatic carbocycles. The topological polar surface area (TPSA) is 82.1 Å². The second kappa shape index (κ2) is 8.35. The minimum absolute atomic E-state index is 0.0418. The Balaban J connectivity index is 1.32. The summed E-state index contributed by atoms with van der Waals surface area (Å²) in [4.78, 5) is 18.8. The molecule has 6 nitrogen and oxygen atoms in total. The number of aliphatic hydroxyl groups is 1. The molecular formula is C22H24N4O2. The highest BCUT2D eigenvalue weighted by atomic mass is 16.3. The smallest absolute Gasteiger partial charge is 0.253 e. The molecule has 1 atom stereocenters. The summed E-state index contributed by atoms with van der Waals surface area (Å²) >= 11 is 0. The van der Waals surface area contributed by atoms with Crippen molar-refractivity contribution < 1.29 is 9.90 Å². The molecule has 0 bridgehead atoms. The van der Waals surface area contributed by atoms with Crippen molar-refractivity contribution in [2.24, 2.45) is 5.92 Å². The molecule has 1 saturated heterocycles. The van der Waals surface area contributed by atoms with Crippen LogP contribution in [0.5, 0.6) is 0 Å². The zero-order valence-electron chi connectivity index (χ0n) is 15.7. The van der Waals surface area contributed by atoms with Gasteiger partial charge in [0.15, 0.2) is 5.82 Å². The monoisotopic (exact) mass is 376 g/mol. The van der Waals surface area contributed by atoms with Crippen molar-refractivity contribution >= 4 is 5.91 Å². The number of carbonyl (C=O) groups excluding carboxylic acids is 1. The molecule has 1 amide bonds. The Morgan fingerprint density at radius 1 is 1.11 bits per heavy atom. The van der Waals surface area contributed by atoms with Crippen LogP contribution in [0, 0.1) is 5.92 Å². The maximum atomic E-state index is 12.8. The number of rotatable bonds is 5. The molecule has 1 aromatic heterocycles. The van der Waals surface area contributed by atoms with Gasteiger partial charge in [0.25, 0.3) is 5.91 Å². The van der Waals surface area contributed by atoms with Crippen LogP contribution in [-0.2, 0) is 6.42 Å². The van der Waals surface area contributed by atoms with E-state index in [0.717, 1.165) is 24.0 Å². The molecule has 1 fully saturated rings. The average molecular weight is 376 g/mol. The van der Waals surface area contributed by atoms with Crippen LogP contribution in [0.25, 0.3) is 11.4 Å². The summed E-state index contributed by atoms with van der Waals surface area (Å²) in [6, 6.07) is 17.5. The number of hydrogen-bond donors (Lipinski definition) is 2. The number of nitrogens with one attached hydrogen (secondary N) is 1. The number of carbonyl (C=O) groups is 1. The maximum Gasteiger partial charge on any atom is 0.253 e. The van der Waals surface area contributed by atoms with Crippen LogP contribution >= 0.6 is 0 Å². The third kappa shape index (κ3) is 4.12. The second-order valence-corrected chi connectivity index (χ2v) is 7.30. The quantitative estimate of drug-likeness (QED) is 0.717. The lowest BCUT2D eigenvalue weighted by Gasteiger charge is -2.34.